The van der Waals surface area contributed by atoms with Crippen LogP contribution in [0.15, 0.2) is 0 Å². The van der Waals surface area contributed by atoms with Crippen molar-refractivity contribution in [2.75, 3.05) is 0 Å². The lowest BCUT2D eigenvalue weighted by molar-refractivity contribution is -0.120. The van der Waals surface area contributed by atoms with Crippen LogP contribution in [0.5, 0.6) is 0 Å². The molecule has 0 aromatic heterocycles. The SMILES string of the molecule is CCC(C)(C)[C@H](N)C(C)=O. The van der Waals surface area contributed by atoms with Gasteiger partial charge >= 0.3 is 0 Å². The zero-order chi connectivity index (χ0) is 8.36. The molecule has 0 aromatic carbocycles. The van der Waals surface area contributed by atoms with Crippen molar-refractivity contribution in [1.82, 2.24) is 0 Å². The van der Waals surface area contributed by atoms with E-state index in [0.717, 1.165) is 6.42 Å². The summed E-state index contributed by atoms with van der Waals surface area (Å²) in [7, 11) is 0. The maximum atomic E-state index is 10.8. The first-order valence-electron chi connectivity index (χ1n) is 3.68. The number of nitrogens with two attached hydrogens (primary N) is 1. The van der Waals surface area contributed by atoms with E-state index in [1.54, 1.807) is 6.92 Å². The number of carbonyl (C=O) groups excluding carboxylic acids is 1. The second kappa shape index (κ2) is 3.15. The molecule has 0 amide bonds. The van der Waals surface area contributed by atoms with Crippen molar-refractivity contribution in [3.8, 4) is 0 Å². The van der Waals surface area contributed by atoms with Gasteiger partial charge in [-0.25, -0.2) is 0 Å². The molecule has 0 aromatic rings. The summed E-state index contributed by atoms with van der Waals surface area (Å²) in [5.74, 6) is 0.0758. The molecule has 2 heteroatoms. The van der Waals surface area contributed by atoms with Crippen molar-refractivity contribution in [3.63, 3.8) is 0 Å². The molecule has 2 nitrogen and oxygen atoms in total. The van der Waals surface area contributed by atoms with E-state index >= 15 is 0 Å². The van der Waals surface area contributed by atoms with E-state index in [2.05, 4.69) is 0 Å². The average molecular weight is 143 g/mol. The molecule has 0 heterocycles. The van der Waals surface area contributed by atoms with Crippen molar-refractivity contribution < 1.29 is 4.79 Å². The first-order chi connectivity index (χ1) is 4.41. The Bertz CT molecular complexity index is 129. The number of carbonyl (C=O) groups is 1. The van der Waals surface area contributed by atoms with Crippen LogP contribution in [0.4, 0.5) is 0 Å². The predicted molar refractivity (Wildman–Crippen MR) is 42.7 cm³/mol. The van der Waals surface area contributed by atoms with Crippen molar-refractivity contribution in [1.29, 1.82) is 0 Å². The molecule has 0 saturated carbocycles. The van der Waals surface area contributed by atoms with Gasteiger partial charge in [-0.15, -0.1) is 0 Å². The van der Waals surface area contributed by atoms with Gasteiger partial charge in [0.15, 0.2) is 0 Å². The highest BCUT2D eigenvalue weighted by molar-refractivity contribution is 5.81. The fraction of sp³-hybridized carbons (Fsp3) is 0.875. The standard InChI is InChI=1S/C8H17NO/c1-5-8(3,4)7(9)6(2)10/h7H,5,9H2,1-4H3/t7-/m1/s1. The van der Waals surface area contributed by atoms with E-state index in [9.17, 15) is 4.79 Å². The Balaban J connectivity index is 4.17. The van der Waals surface area contributed by atoms with Gasteiger partial charge in [-0.3, -0.25) is 4.79 Å². The van der Waals surface area contributed by atoms with Gasteiger partial charge in [0.1, 0.15) is 5.78 Å². The second-order valence-electron chi connectivity index (χ2n) is 3.43. The van der Waals surface area contributed by atoms with Crippen LogP contribution in [0.25, 0.3) is 0 Å². The van der Waals surface area contributed by atoms with Crippen molar-refractivity contribution in [2.24, 2.45) is 11.1 Å². The quantitative estimate of drug-likeness (QED) is 0.647. The number of hydrogen-bond acceptors (Lipinski definition) is 2. The summed E-state index contributed by atoms with van der Waals surface area (Å²) in [6.45, 7) is 7.61. The Labute approximate surface area is 62.8 Å². The van der Waals surface area contributed by atoms with Crippen LogP contribution in [-0.4, -0.2) is 11.8 Å². The Morgan fingerprint density at radius 2 is 2.00 bits per heavy atom. The largest absolute Gasteiger partial charge is 0.321 e. The van der Waals surface area contributed by atoms with Crippen LogP contribution in [0.2, 0.25) is 0 Å². The Hall–Kier alpha value is -0.370. The van der Waals surface area contributed by atoms with Gasteiger partial charge in [0.2, 0.25) is 0 Å². The minimum absolute atomic E-state index is 0.0498. The van der Waals surface area contributed by atoms with Crippen molar-refractivity contribution in [3.05, 3.63) is 0 Å². The fourth-order valence-corrected chi connectivity index (χ4v) is 0.770. The van der Waals surface area contributed by atoms with Crippen LogP contribution < -0.4 is 5.73 Å². The zero-order valence-corrected chi connectivity index (χ0v) is 7.27. The molecule has 0 rings (SSSR count). The Morgan fingerprint density at radius 3 is 2.10 bits per heavy atom. The molecule has 10 heavy (non-hydrogen) atoms. The minimum atomic E-state index is -0.308. The van der Waals surface area contributed by atoms with E-state index in [4.69, 9.17) is 5.73 Å². The summed E-state index contributed by atoms with van der Waals surface area (Å²) in [5.41, 5.74) is 5.61. The molecule has 0 fully saturated rings. The zero-order valence-electron chi connectivity index (χ0n) is 7.27. The third-order valence-electron chi connectivity index (χ3n) is 2.19. The van der Waals surface area contributed by atoms with Crippen LogP contribution in [0.3, 0.4) is 0 Å². The highest BCUT2D eigenvalue weighted by Crippen LogP contribution is 2.23. The number of hydrogen-bond donors (Lipinski definition) is 1. The topological polar surface area (TPSA) is 43.1 Å². The smallest absolute Gasteiger partial charge is 0.147 e. The maximum Gasteiger partial charge on any atom is 0.147 e. The fourth-order valence-electron chi connectivity index (χ4n) is 0.770. The Morgan fingerprint density at radius 1 is 1.60 bits per heavy atom. The molecule has 0 aliphatic rings. The van der Waals surface area contributed by atoms with Gasteiger partial charge in [0.25, 0.3) is 0 Å². The predicted octanol–water partition coefficient (Wildman–Crippen LogP) is 1.34. The lowest BCUT2D eigenvalue weighted by Crippen LogP contribution is -2.42. The van der Waals surface area contributed by atoms with Crippen molar-refractivity contribution in [2.45, 2.75) is 40.2 Å². The first-order valence-corrected chi connectivity index (χ1v) is 3.68. The molecule has 0 unspecified atom stereocenters. The minimum Gasteiger partial charge on any atom is -0.321 e. The molecule has 0 bridgehead atoms. The van der Waals surface area contributed by atoms with Crippen molar-refractivity contribution >= 4 is 5.78 Å². The van der Waals surface area contributed by atoms with E-state index in [1.165, 1.54) is 0 Å². The van der Waals surface area contributed by atoms with E-state index in [-0.39, 0.29) is 17.2 Å². The van der Waals surface area contributed by atoms with Crippen LogP contribution in [0.1, 0.15) is 34.1 Å². The van der Waals surface area contributed by atoms with Gasteiger partial charge in [0, 0.05) is 0 Å². The maximum absolute atomic E-state index is 10.8. The lowest BCUT2D eigenvalue weighted by Gasteiger charge is -2.27. The second-order valence-corrected chi connectivity index (χ2v) is 3.43. The Kier molecular flexibility index (Phi) is 3.03. The summed E-state index contributed by atoms with van der Waals surface area (Å²) in [6, 6.07) is -0.308. The van der Waals surface area contributed by atoms with E-state index in [0.29, 0.717) is 0 Å². The van der Waals surface area contributed by atoms with Gasteiger partial charge in [-0.1, -0.05) is 20.8 Å². The summed E-state index contributed by atoms with van der Waals surface area (Å²) in [4.78, 5) is 10.8. The van der Waals surface area contributed by atoms with E-state index in [1.807, 2.05) is 20.8 Å². The van der Waals surface area contributed by atoms with Gasteiger partial charge in [-0.2, -0.15) is 0 Å². The molecule has 0 aliphatic carbocycles. The van der Waals surface area contributed by atoms with E-state index < -0.39 is 0 Å². The monoisotopic (exact) mass is 143 g/mol. The first kappa shape index (κ1) is 9.63. The number of ketones is 1. The number of rotatable bonds is 3. The third-order valence-corrected chi connectivity index (χ3v) is 2.19. The van der Waals surface area contributed by atoms with Gasteiger partial charge in [0.05, 0.1) is 6.04 Å². The average Bonchev–Trinajstić information content (AvgIpc) is 1.86. The molecular formula is C8H17NO. The molecule has 0 radical (unpaired) electrons. The summed E-state index contributed by atoms with van der Waals surface area (Å²) in [6.07, 6.45) is 0.938. The number of Topliss-reactive ketones (excluding diaryl/α,β-unsaturated/α-hetero) is 1. The highest BCUT2D eigenvalue weighted by Gasteiger charge is 2.27. The van der Waals surface area contributed by atoms with Gasteiger partial charge < -0.3 is 5.73 Å². The summed E-state index contributed by atoms with van der Waals surface area (Å²) in [5, 5.41) is 0. The highest BCUT2D eigenvalue weighted by atomic mass is 16.1. The molecule has 1 atom stereocenters. The summed E-state index contributed by atoms with van der Waals surface area (Å²) >= 11 is 0. The normalized spacial score (nSPS) is 14.9. The molecule has 0 saturated heterocycles. The van der Waals surface area contributed by atoms with Gasteiger partial charge in [-0.05, 0) is 18.8 Å². The molecule has 2 N–H and O–H groups in total. The molecule has 0 spiro atoms. The summed E-state index contributed by atoms with van der Waals surface area (Å²) < 4.78 is 0. The lowest BCUT2D eigenvalue weighted by atomic mass is 9.81. The van der Waals surface area contributed by atoms with Crippen LogP contribution >= 0.6 is 0 Å². The van der Waals surface area contributed by atoms with Crippen LogP contribution in [-0.2, 0) is 4.79 Å². The third kappa shape index (κ3) is 2.10. The molecular weight excluding hydrogens is 126 g/mol. The van der Waals surface area contributed by atoms with Crippen LogP contribution in [0, 0.1) is 5.41 Å². The molecule has 60 valence electrons. The molecule has 0 aliphatic heterocycles.